The van der Waals surface area contributed by atoms with E-state index in [9.17, 15) is 9.90 Å². The molecule has 4 heteroatoms. The summed E-state index contributed by atoms with van der Waals surface area (Å²) in [5, 5.41) is 9.58. The molecular formula is C14H22O4. The van der Waals surface area contributed by atoms with Gasteiger partial charge in [0.25, 0.3) is 0 Å². The molecule has 1 N–H and O–H groups in total. The van der Waals surface area contributed by atoms with Crippen LogP contribution in [-0.2, 0) is 14.3 Å². The first-order chi connectivity index (χ1) is 8.72. The van der Waals surface area contributed by atoms with E-state index in [1.165, 1.54) is 0 Å². The molecule has 0 amide bonds. The van der Waals surface area contributed by atoms with Crippen molar-refractivity contribution in [2.75, 3.05) is 6.61 Å². The standard InChI is InChI=1S/C14H22O4/c15-11-3-1-2-9(6-11)8-17-14(16)10-4-5-12-13(7-10)18-12/h9-13,15H,1-8H2. The molecule has 3 rings (SSSR count). The molecule has 3 fully saturated rings. The minimum Gasteiger partial charge on any atom is -0.465 e. The van der Waals surface area contributed by atoms with Gasteiger partial charge in [0.15, 0.2) is 0 Å². The van der Waals surface area contributed by atoms with Gasteiger partial charge in [-0.25, -0.2) is 0 Å². The summed E-state index contributed by atoms with van der Waals surface area (Å²) >= 11 is 0. The largest absolute Gasteiger partial charge is 0.465 e. The third kappa shape index (κ3) is 2.86. The van der Waals surface area contributed by atoms with Crippen LogP contribution in [0.25, 0.3) is 0 Å². The zero-order chi connectivity index (χ0) is 12.5. The molecule has 1 saturated heterocycles. The molecule has 5 unspecified atom stereocenters. The number of carbonyl (C=O) groups is 1. The number of rotatable bonds is 3. The van der Waals surface area contributed by atoms with Crippen LogP contribution >= 0.6 is 0 Å². The minimum atomic E-state index is -0.197. The van der Waals surface area contributed by atoms with E-state index in [1.807, 2.05) is 0 Å². The van der Waals surface area contributed by atoms with Crippen LogP contribution in [0.3, 0.4) is 0 Å². The van der Waals surface area contributed by atoms with Crippen molar-refractivity contribution in [1.82, 2.24) is 0 Å². The average Bonchev–Trinajstić information content (AvgIpc) is 3.14. The van der Waals surface area contributed by atoms with E-state index in [0.717, 1.165) is 44.9 Å². The number of aliphatic hydroxyl groups excluding tert-OH is 1. The van der Waals surface area contributed by atoms with Crippen LogP contribution in [0.15, 0.2) is 0 Å². The molecule has 2 saturated carbocycles. The van der Waals surface area contributed by atoms with Crippen LogP contribution in [0.5, 0.6) is 0 Å². The van der Waals surface area contributed by atoms with E-state index in [1.54, 1.807) is 0 Å². The summed E-state index contributed by atoms with van der Waals surface area (Å²) in [6, 6.07) is 0. The Kier molecular flexibility index (Phi) is 3.57. The molecule has 0 spiro atoms. The zero-order valence-corrected chi connectivity index (χ0v) is 10.7. The Bertz CT molecular complexity index is 317. The lowest BCUT2D eigenvalue weighted by Crippen LogP contribution is -2.28. The molecule has 1 aliphatic heterocycles. The molecule has 0 radical (unpaired) electrons. The molecule has 1 heterocycles. The van der Waals surface area contributed by atoms with Crippen molar-refractivity contribution in [2.24, 2.45) is 11.8 Å². The maximum atomic E-state index is 11.9. The normalized spacial score (nSPS) is 43.1. The maximum absolute atomic E-state index is 11.9. The van der Waals surface area contributed by atoms with Crippen molar-refractivity contribution in [2.45, 2.75) is 63.3 Å². The van der Waals surface area contributed by atoms with Crippen LogP contribution in [-0.4, -0.2) is 36.0 Å². The summed E-state index contributed by atoms with van der Waals surface area (Å²) < 4.78 is 10.9. The van der Waals surface area contributed by atoms with Crippen LogP contribution in [0.2, 0.25) is 0 Å². The van der Waals surface area contributed by atoms with E-state index in [0.29, 0.717) is 24.7 Å². The fraction of sp³-hybridized carbons (Fsp3) is 0.929. The summed E-state index contributed by atoms with van der Waals surface area (Å²) in [5.74, 6) is 0.345. The van der Waals surface area contributed by atoms with Crippen molar-refractivity contribution in [1.29, 1.82) is 0 Å². The summed E-state index contributed by atoms with van der Waals surface area (Å²) in [6.07, 6.45) is 7.12. The highest BCUT2D eigenvalue weighted by molar-refractivity contribution is 5.72. The van der Waals surface area contributed by atoms with Gasteiger partial charge in [-0.3, -0.25) is 4.79 Å². The minimum absolute atomic E-state index is 0.0438. The first-order valence-electron chi connectivity index (χ1n) is 7.22. The molecule has 0 aromatic carbocycles. The molecular weight excluding hydrogens is 232 g/mol. The molecule has 5 atom stereocenters. The number of hydrogen-bond acceptors (Lipinski definition) is 4. The lowest BCUT2D eigenvalue weighted by atomic mass is 9.87. The lowest BCUT2D eigenvalue weighted by molar-refractivity contribution is -0.151. The van der Waals surface area contributed by atoms with Gasteiger partial charge in [-0.15, -0.1) is 0 Å². The van der Waals surface area contributed by atoms with Crippen LogP contribution in [0.4, 0.5) is 0 Å². The molecule has 0 aromatic rings. The second-order valence-corrected chi connectivity index (χ2v) is 6.04. The fourth-order valence-electron chi connectivity index (χ4n) is 3.35. The number of hydrogen-bond donors (Lipinski definition) is 1. The quantitative estimate of drug-likeness (QED) is 0.614. The van der Waals surface area contributed by atoms with Gasteiger partial charge in [-0.05, 0) is 44.4 Å². The lowest BCUT2D eigenvalue weighted by Gasteiger charge is -2.26. The molecule has 102 valence electrons. The first kappa shape index (κ1) is 12.4. The molecule has 18 heavy (non-hydrogen) atoms. The highest BCUT2D eigenvalue weighted by Crippen LogP contribution is 2.39. The molecule has 2 aliphatic carbocycles. The predicted octanol–water partition coefficient (Wildman–Crippen LogP) is 1.65. The average molecular weight is 254 g/mol. The van der Waals surface area contributed by atoms with Crippen molar-refractivity contribution in [3.05, 3.63) is 0 Å². The number of epoxide rings is 1. The topological polar surface area (TPSA) is 59.1 Å². The Morgan fingerprint density at radius 3 is 2.83 bits per heavy atom. The summed E-state index contributed by atoms with van der Waals surface area (Å²) in [5.41, 5.74) is 0. The van der Waals surface area contributed by atoms with Crippen molar-refractivity contribution < 1.29 is 19.4 Å². The number of aliphatic hydroxyl groups is 1. The third-order valence-electron chi connectivity index (χ3n) is 4.55. The van der Waals surface area contributed by atoms with Gasteiger partial charge in [0.05, 0.1) is 30.8 Å². The fourth-order valence-corrected chi connectivity index (χ4v) is 3.35. The Balaban J connectivity index is 1.40. The number of esters is 1. The smallest absolute Gasteiger partial charge is 0.309 e. The van der Waals surface area contributed by atoms with E-state index in [4.69, 9.17) is 9.47 Å². The number of carbonyl (C=O) groups excluding carboxylic acids is 1. The summed E-state index contributed by atoms with van der Waals surface area (Å²) in [4.78, 5) is 11.9. The Morgan fingerprint density at radius 1 is 1.17 bits per heavy atom. The number of fused-ring (bicyclic) bond motifs is 1. The van der Waals surface area contributed by atoms with Gasteiger partial charge in [0.1, 0.15) is 0 Å². The highest BCUT2D eigenvalue weighted by atomic mass is 16.6. The van der Waals surface area contributed by atoms with Gasteiger partial charge >= 0.3 is 5.97 Å². The summed E-state index contributed by atoms with van der Waals surface area (Å²) in [6.45, 7) is 0.487. The Labute approximate surface area is 108 Å². The Morgan fingerprint density at radius 2 is 2.06 bits per heavy atom. The molecule has 0 bridgehead atoms. The molecule has 3 aliphatic rings. The zero-order valence-electron chi connectivity index (χ0n) is 10.7. The van der Waals surface area contributed by atoms with Crippen molar-refractivity contribution in [3.8, 4) is 0 Å². The van der Waals surface area contributed by atoms with E-state index >= 15 is 0 Å². The first-order valence-corrected chi connectivity index (χ1v) is 7.22. The van der Waals surface area contributed by atoms with E-state index < -0.39 is 0 Å². The van der Waals surface area contributed by atoms with Crippen LogP contribution in [0, 0.1) is 11.8 Å². The van der Waals surface area contributed by atoms with E-state index in [2.05, 4.69) is 0 Å². The SMILES string of the molecule is O=C(OCC1CCCC(O)C1)C1CCC2OC2C1. The number of ether oxygens (including phenoxy) is 2. The van der Waals surface area contributed by atoms with Crippen molar-refractivity contribution >= 4 is 5.97 Å². The highest BCUT2D eigenvalue weighted by Gasteiger charge is 2.46. The van der Waals surface area contributed by atoms with Gasteiger partial charge in [-0.2, -0.15) is 0 Å². The van der Waals surface area contributed by atoms with Gasteiger partial charge < -0.3 is 14.6 Å². The molecule has 4 nitrogen and oxygen atoms in total. The predicted molar refractivity (Wildman–Crippen MR) is 64.9 cm³/mol. The maximum Gasteiger partial charge on any atom is 0.309 e. The third-order valence-corrected chi connectivity index (χ3v) is 4.55. The second-order valence-electron chi connectivity index (χ2n) is 6.04. The second kappa shape index (κ2) is 5.17. The van der Waals surface area contributed by atoms with Crippen LogP contribution < -0.4 is 0 Å². The summed E-state index contributed by atoms with van der Waals surface area (Å²) in [7, 11) is 0. The van der Waals surface area contributed by atoms with Gasteiger partial charge in [0.2, 0.25) is 0 Å². The van der Waals surface area contributed by atoms with Gasteiger partial charge in [0, 0.05) is 0 Å². The van der Waals surface area contributed by atoms with Crippen molar-refractivity contribution in [3.63, 3.8) is 0 Å². The monoisotopic (exact) mass is 254 g/mol. The van der Waals surface area contributed by atoms with Crippen LogP contribution in [0.1, 0.15) is 44.9 Å². The Hall–Kier alpha value is -0.610. The molecule has 0 aromatic heterocycles. The van der Waals surface area contributed by atoms with E-state index in [-0.39, 0.29) is 18.0 Å². The van der Waals surface area contributed by atoms with Gasteiger partial charge in [-0.1, -0.05) is 6.42 Å².